The minimum atomic E-state index is 0.125. The fraction of sp³-hybridized carbons (Fsp3) is 0.375. The van der Waals surface area contributed by atoms with Crippen LogP contribution in [0.3, 0.4) is 0 Å². The highest BCUT2D eigenvalue weighted by Crippen LogP contribution is 2.13. The van der Waals surface area contributed by atoms with E-state index in [-0.39, 0.29) is 6.10 Å². The van der Waals surface area contributed by atoms with E-state index >= 15 is 0 Å². The number of nitrogens with zero attached hydrogens (tertiary/aromatic N) is 7. The van der Waals surface area contributed by atoms with Gasteiger partial charge in [0.25, 0.3) is 0 Å². The second-order valence-corrected chi connectivity index (χ2v) is 5.80. The molecule has 8 heteroatoms. The number of aromatic nitrogens is 6. The summed E-state index contributed by atoms with van der Waals surface area (Å²) in [6.07, 6.45) is 3.87. The average molecular weight is 325 g/mol. The molecule has 0 N–H and O–H groups in total. The molecule has 1 saturated heterocycles. The van der Waals surface area contributed by atoms with Crippen molar-refractivity contribution < 1.29 is 4.74 Å². The molecule has 0 radical (unpaired) electrons. The van der Waals surface area contributed by atoms with Crippen molar-refractivity contribution in [3.05, 3.63) is 54.6 Å². The zero-order chi connectivity index (χ0) is 16.2. The highest BCUT2D eigenvalue weighted by Gasteiger charge is 2.23. The summed E-state index contributed by atoms with van der Waals surface area (Å²) in [5.41, 5.74) is 0.971. The molecule has 0 unspecified atom stereocenters. The van der Waals surface area contributed by atoms with Crippen molar-refractivity contribution in [2.75, 3.05) is 19.7 Å². The summed E-state index contributed by atoms with van der Waals surface area (Å²) in [5.74, 6) is 0.834. The van der Waals surface area contributed by atoms with Crippen LogP contribution in [-0.2, 0) is 17.8 Å². The zero-order valence-electron chi connectivity index (χ0n) is 13.3. The topological polar surface area (TPSA) is 73.9 Å². The summed E-state index contributed by atoms with van der Waals surface area (Å²) < 4.78 is 9.55. The van der Waals surface area contributed by atoms with Gasteiger partial charge in [-0.15, -0.1) is 5.10 Å². The van der Waals surface area contributed by atoms with Crippen LogP contribution in [0, 0.1) is 0 Å². The van der Waals surface area contributed by atoms with Crippen molar-refractivity contribution in [1.82, 2.24) is 34.9 Å². The Hall–Kier alpha value is -2.58. The van der Waals surface area contributed by atoms with Gasteiger partial charge in [-0.05, 0) is 28.6 Å². The fourth-order valence-corrected chi connectivity index (χ4v) is 2.93. The van der Waals surface area contributed by atoms with E-state index in [2.05, 4.69) is 25.5 Å². The first-order valence-electron chi connectivity index (χ1n) is 8.02. The molecule has 124 valence electrons. The van der Waals surface area contributed by atoms with Crippen LogP contribution in [0.2, 0.25) is 0 Å². The summed E-state index contributed by atoms with van der Waals surface area (Å²) in [7, 11) is 0. The second kappa shape index (κ2) is 6.90. The highest BCUT2D eigenvalue weighted by atomic mass is 16.5. The maximum Gasteiger partial charge on any atom is 0.170 e. The van der Waals surface area contributed by atoms with Gasteiger partial charge in [0.15, 0.2) is 5.82 Å². The molecule has 0 aliphatic carbocycles. The quantitative estimate of drug-likeness (QED) is 0.689. The minimum Gasteiger partial charge on any atom is -0.374 e. The number of tetrazole rings is 1. The van der Waals surface area contributed by atoms with Gasteiger partial charge in [-0.1, -0.05) is 18.2 Å². The van der Waals surface area contributed by atoms with Crippen molar-refractivity contribution >= 4 is 0 Å². The Bertz CT molecular complexity index is 756. The van der Waals surface area contributed by atoms with Gasteiger partial charge < -0.3 is 4.74 Å². The van der Waals surface area contributed by atoms with E-state index in [4.69, 9.17) is 4.74 Å². The molecule has 1 aliphatic heterocycles. The molecule has 1 fully saturated rings. The molecule has 1 aromatic carbocycles. The van der Waals surface area contributed by atoms with Crippen molar-refractivity contribution in [3.63, 3.8) is 0 Å². The van der Waals surface area contributed by atoms with Crippen LogP contribution < -0.4 is 0 Å². The minimum absolute atomic E-state index is 0.125. The van der Waals surface area contributed by atoms with Gasteiger partial charge in [0.2, 0.25) is 0 Å². The van der Waals surface area contributed by atoms with Gasteiger partial charge in [-0.25, -0.2) is 0 Å². The van der Waals surface area contributed by atoms with Crippen LogP contribution in [0.1, 0.15) is 5.82 Å². The summed E-state index contributed by atoms with van der Waals surface area (Å²) in [4.78, 5) is 2.32. The van der Waals surface area contributed by atoms with Crippen LogP contribution >= 0.6 is 0 Å². The molecule has 24 heavy (non-hydrogen) atoms. The molecule has 1 atom stereocenters. The van der Waals surface area contributed by atoms with Gasteiger partial charge in [0, 0.05) is 25.5 Å². The van der Waals surface area contributed by atoms with Gasteiger partial charge >= 0.3 is 0 Å². The van der Waals surface area contributed by atoms with E-state index in [9.17, 15) is 0 Å². The van der Waals surface area contributed by atoms with Crippen molar-refractivity contribution in [1.29, 1.82) is 0 Å². The normalized spacial score (nSPS) is 18.8. The Morgan fingerprint density at radius 2 is 2.08 bits per heavy atom. The van der Waals surface area contributed by atoms with Crippen molar-refractivity contribution in [3.8, 4) is 5.69 Å². The smallest absolute Gasteiger partial charge is 0.170 e. The Morgan fingerprint density at radius 1 is 1.17 bits per heavy atom. The van der Waals surface area contributed by atoms with E-state index in [1.165, 1.54) is 0 Å². The van der Waals surface area contributed by atoms with Gasteiger partial charge in [-0.3, -0.25) is 9.58 Å². The van der Waals surface area contributed by atoms with E-state index in [0.29, 0.717) is 13.2 Å². The lowest BCUT2D eigenvalue weighted by Crippen LogP contribution is -2.44. The van der Waals surface area contributed by atoms with E-state index in [1.807, 2.05) is 47.3 Å². The lowest BCUT2D eigenvalue weighted by molar-refractivity contribution is -0.0410. The van der Waals surface area contributed by atoms with E-state index in [0.717, 1.165) is 31.1 Å². The lowest BCUT2D eigenvalue weighted by atomic mass is 10.2. The molecule has 8 nitrogen and oxygen atoms in total. The lowest BCUT2D eigenvalue weighted by Gasteiger charge is -2.32. The zero-order valence-corrected chi connectivity index (χ0v) is 13.3. The van der Waals surface area contributed by atoms with Crippen molar-refractivity contribution in [2.24, 2.45) is 0 Å². The summed E-state index contributed by atoms with van der Waals surface area (Å²) in [5, 5.41) is 16.4. The largest absolute Gasteiger partial charge is 0.374 e. The third kappa shape index (κ3) is 3.34. The predicted molar refractivity (Wildman–Crippen MR) is 86.4 cm³/mol. The number of para-hydroxylation sites is 1. The van der Waals surface area contributed by atoms with Gasteiger partial charge in [0.1, 0.15) is 0 Å². The Kier molecular flexibility index (Phi) is 4.30. The van der Waals surface area contributed by atoms with Gasteiger partial charge in [-0.2, -0.15) is 9.78 Å². The van der Waals surface area contributed by atoms with Crippen LogP contribution in [-0.4, -0.2) is 60.7 Å². The first-order valence-corrected chi connectivity index (χ1v) is 8.02. The van der Waals surface area contributed by atoms with Crippen LogP contribution in [0.25, 0.3) is 5.69 Å². The number of ether oxygens (including phenoxy) is 1. The molecular weight excluding hydrogens is 306 g/mol. The monoisotopic (exact) mass is 325 g/mol. The Balaban J connectivity index is 1.43. The third-order valence-electron chi connectivity index (χ3n) is 4.07. The summed E-state index contributed by atoms with van der Waals surface area (Å²) >= 11 is 0. The maximum absolute atomic E-state index is 5.85. The molecular formula is C16H19N7O. The molecule has 0 bridgehead atoms. The second-order valence-electron chi connectivity index (χ2n) is 5.80. The number of morpholine rings is 1. The molecule has 0 saturated carbocycles. The first kappa shape index (κ1) is 15.0. The molecule has 0 amide bonds. The molecule has 2 aromatic heterocycles. The van der Waals surface area contributed by atoms with Crippen LogP contribution in [0.15, 0.2) is 48.8 Å². The molecule has 3 aromatic rings. The highest BCUT2D eigenvalue weighted by molar-refractivity contribution is 5.30. The number of rotatable bonds is 5. The summed E-state index contributed by atoms with van der Waals surface area (Å²) in [6.45, 7) is 3.87. The van der Waals surface area contributed by atoms with Crippen LogP contribution in [0.5, 0.6) is 0 Å². The number of benzene rings is 1. The summed E-state index contributed by atoms with van der Waals surface area (Å²) in [6, 6.07) is 11.9. The average Bonchev–Trinajstić information content (AvgIpc) is 3.28. The molecule has 4 rings (SSSR count). The van der Waals surface area contributed by atoms with Gasteiger partial charge in [0.05, 0.1) is 31.5 Å². The third-order valence-corrected chi connectivity index (χ3v) is 4.07. The Labute approximate surface area is 139 Å². The molecule has 0 spiro atoms. The fourth-order valence-electron chi connectivity index (χ4n) is 2.93. The standard InChI is InChI=1S/C16H19N7O/c1-2-5-14(6-3-1)23-16(18-19-20-23)13-21-9-10-24-15(11-21)12-22-8-4-7-17-22/h1-8,15H,9-13H2/t15-/m1/s1. The maximum atomic E-state index is 5.85. The van der Waals surface area contributed by atoms with Crippen LogP contribution in [0.4, 0.5) is 0 Å². The SMILES string of the molecule is c1ccc(-n2nnnc2CN2CCO[C@@H](Cn3cccn3)C2)cc1. The molecule has 1 aliphatic rings. The van der Waals surface area contributed by atoms with Crippen molar-refractivity contribution in [2.45, 2.75) is 19.2 Å². The first-order chi connectivity index (χ1) is 11.9. The number of hydrogen-bond acceptors (Lipinski definition) is 6. The number of hydrogen-bond donors (Lipinski definition) is 0. The van der Waals surface area contributed by atoms with E-state index in [1.54, 1.807) is 10.9 Å². The van der Waals surface area contributed by atoms with E-state index < -0.39 is 0 Å². The Morgan fingerprint density at radius 3 is 2.92 bits per heavy atom. The molecule has 3 heterocycles. The predicted octanol–water partition coefficient (Wildman–Crippen LogP) is 0.760.